The summed E-state index contributed by atoms with van der Waals surface area (Å²) in [6.07, 6.45) is 4.33. The van der Waals surface area contributed by atoms with E-state index in [-0.39, 0.29) is 17.7 Å². The van der Waals surface area contributed by atoms with Crippen molar-refractivity contribution in [3.05, 3.63) is 36.0 Å². The van der Waals surface area contributed by atoms with E-state index in [0.717, 1.165) is 30.3 Å². The third-order valence-electron chi connectivity index (χ3n) is 4.91. The van der Waals surface area contributed by atoms with E-state index in [1.807, 2.05) is 31.3 Å². The van der Waals surface area contributed by atoms with Crippen LogP contribution in [0.1, 0.15) is 30.1 Å². The van der Waals surface area contributed by atoms with E-state index >= 15 is 0 Å². The Balaban J connectivity index is 1.77. The fourth-order valence-electron chi connectivity index (χ4n) is 3.38. The van der Waals surface area contributed by atoms with Crippen molar-refractivity contribution >= 4 is 22.7 Å². The van der Waals surface area contributed by atoms with E-state index in [1.165, 1.54) is 5.56 Å². The highest BCUT2D eigenvalue weighted by Crippen LogP contribution is 2.26. The van der Waals surface area contributed by atoms with Crippen molar-refractivity contribution < 1.29 is 9.59 Å². The number of nitrogens with zero attached hydrogens (tertiary/aromatic N) is 3. The Labute approximate surface area is 149 Å². The summed E-state index contributed by atoms with van der Waals surface area (Å²) >= 11 is 0. The predicted octanol–water partition coefficient (Wildman–Crippen LogP) is 2.64. The molecule has 0 radical (unpaired) electrons. The molecule has 3 rings (SSSR count). The van der Waals surface area contributed by atoms with Crippen molar-refractivity contribution in [1.29, 1.82) is 0 Å². The number of likely N-dealkylation sites (tertiary alicyclic amines) is 1. The van der Waals surface area contributed by atoms with Gasteiger partial charge in [0, 0.05) is 37.6 Å². The van der Waals surface area contributed by atoms with E-state index in [1.54, 1.807) is 9.47 Å². The minimum atomic E-state index is -0.0849. The molecule has 134 valence electrons. The van der Waals surface area contributed by atoms with Crippen molar-refractivity contribution in [3.8, 4) is 0 Å². The molecule has 1 aromatic heterocycles. The fraction of sp³-hybridized carbons (Fsp3) is 0.500. The zero-order valence-electron chi connectivity index (χ0n) is 15.4. The zero-order valence-corrected chi connectivity index (χ0v) is 15.4. The quantitative estimate of drug-likeness (QED) is 0.811. The summed E-state index contributed by atoms with van der Waals surface area (Å²) in [5.74, 6) is 0.182. The molecule has 1 amide bonds. The Morgan fingerprint density at radius 1 is 1.20 bits per heavy atom. The molecule has 5 heteroatoms. The van der Waals surface area contributed by atoms with Gasteiger partial charge in [-0.25, -0.2) is 0 Å². The third kappa shape index (κ3) is 3.61. The molecular formula is C20H27N3O2. The first-order chi connectivity index (χ1) is 12.0. The first kappa shape index (κ1) is 17.7. The number of likely N-dealkylation sites (N-methyl/N-ethyl adjacent to an activating group) is 1. The van der Waals surface area contributed by atoms with Crippen LogP contribution in [0.15, 0.2) is 30.5 Å². The van der Waals surface area contributed by atoms with Crippen LogP contribution >= 0.6 is 0 Å². The van der Waals surface area contributed by atoms with Crippen LogP contribution in [0.2, 0.25) is 0 Å². The van der Waals surface area contributed by atoms with Crippen LogP contribution in [0.3, 0.4) is 0 Å². The van der Waals surface area contributed by atoms with E-state index in [4.69, 9.17) is 0 Å². The minimum absolute atomic E-state index is 0.0849. The van der Waals surface area contributed by atoms with Crippen LogP contribution in [0.5, 0.6) is 0 Å². The number of rotatable bonds is 6. The van der Waals surface area contributed by atoms with Crippen molar-refractivity contribution in [2.24, 2.45) is 5.92 Å². The number of carbonyl (C=O) groups excluding carboxylic acids is 2. The van der Waals surface area contributed by atoms with Gasteiger partial charge in [0.25, 0.3) is 0 Å². The Kier molecular flexibility index (Phi) is 5.23. The lowest BCUT2D eigenvalue weighted by Crippen LogP contribution is -2.54. The molecule has 0 atom stereocenters. The van der Waals surface area contributed by atoms with Gasteiger partial charge in [-0.1, -0.05) is 25.1 Å². The molecule has 1 saturated heterocycles. The normalized spacial score (nSPS) is 15.0. The van der Waals surface area contributed by atoms with Crippen LogP contribution in [0.4, 0.5) is 0 Å². The molecule has 5 nitrogen and oxygen atoms in total. The molecule has 0 aliphatic carbocycles. The summed E-state index contributed by atoms with van der Waals surface area (Å²) in [5, 5.41) is 1.15. The molecular weight excluding hydrogens is 314 g/mol. The maximum absolute atomic E-state index is 12.9. The minimum Gasteiger partial charge on any atom is -0.341 e. The lowest BCUT2D eigenvalue weighted by Gasteiger charge is -2.38. The average Bonchev–Trinajstić information content (AvgIpc) is 2.90. The van der Waals surface area contributed by atoms with Gasteiger partial charge in [-0.3, -0.25) is 14.2 Å². The molecule has 0 spiro atoms. The average molecular weight is 341 g/mol. The largest absolute Gasteiger partial charge is 0.341 e. The maximum Gasteiger partial charge on any atom is 0.237 e. The van der Waals surface area contributed by atoms with Crippen LogP contribution in [0, 0.1) is 5.92 Å². The molecule has 2 aromatic rings. The van der Waals surface area contributed by atoms with E-state index in [0.29, 0.717) is 19.5 Å². The van der Waals surface area contributed by atoms with Gasteiger partial charge in [0.1, 0.15) is 0 Å². The second-order valence-electron chi connectivity index (χ2n) is 7.18. The number of amides is 1. The van der Waals surface area contributed by atoms with Gasteiger partial charge in [-0.2, -0.15) is 0 Å². The zero-order chi connectivity index (χ0) is 18.0. The third-order valence-corrected chi connectivity index (χ3v) is 4.91. The predicted molar refractivity (Wildman–Crippen MR) is 99.8 cm³/mol. The van der Waals surface area contributed by atoms with Gasteiger partial charge in [-0.05, 0) is 38.6 Å². The summed E-state index contributed by atoms with van der Waals surface area (Å²) in [7, 11) is 4.11. The van der Waals surface area contributed by atoms with Gasteiger partial charge in [-0.15, -0.1) is 0 Å². The summed E-state index contributed by atoms with van der Waals surface area (Å²) < 4.78 is 1.80. The van der Waals surface area contributed by atoms with Crippen LogP contribution in [-0.4, -0.2) is 59.9 Å². The molecule has 0 N–H and O–H groups in total. The smallest absolute Gasteiger partial charge is 0.237 e. The first-order valence-electron chi connectivity index (χ1n) is 9.07. The monoisotopic (exact) mass is 341 g/mol. The second-order valence-corrected chi connectivity index (χ2v) is 7.18. The van der Waals surface area contributed by atoms with Gasteiger partial charge in [0.15, 0.2) is 0 Å². The van der Waals surface area contributed by atoms with Crippen LogP contribution < -0.4 is 0 Å². The summed E-state index contributed by atoms with van der Waals surface area (Å²) in [6, 6.07) is 8.08. The van der Waals surface area contributed by atoms with E-state index in [2.05, 4.69) is 25.1 Å². The Bertz CT molecular complexity index is 772. The lowest BCUT2D eigenvalue weighted by atomic mass is 9.98. The number of hydrogen-bond acceptors (Lipinski definition) is 3. The first-order valence-corrected chi connectivity index (χ1v) is 9.07. The van der Waals surface area contributed by atoms with Crippen LogP contribution in [0.25, 0.3) is 10.9 Å². The van der Waals surface area contributed by atoms with Crippen LogP contribution in [-0.2, 0) is 11.2 Å². The molecule has 0 saturated carbocycles. The molecule has 1 aromatic carbocycles. The second kappa shape index (κ2) is 7.40. The summed E-state index contributed by atoms with van der Waals surface area (Å²) in [4.78, 5) is 28.8. The van der Waals surface area contributed by atoms with Gasteiger partial charge in [0.05, 0.1) is 11.4 Å². The number of benzene rings is 1. The van der Waals surface area contributed by atoms with Gasteiger partial charge >= 0.3 is 0 Å². The molecule has 2 heterocycles. The van der Waals surface area contributed by atoms with Crippen molar-refractivity contribution in [2.45, 2.75) is 26.2 Å². The topological polar surface area (TPSA) is 45.6 Å². The number of para-hydroxylation sites is 1. The van der Waals surface area contributed by atoms with Gasteiger partial charge < -0.3 is 9.80 Å². The van der Waals surface area contributed by atoms with Crippen molar-refractivity contribution in [3.63, 3.8) is 0 Å². The summed E-state index contributed by atoms with van der Waals surface area (Å²) in [5.41, 5.74) is 2.18. The Hall–Kier alpha value is -2.14. The molecule has 1 aliphatic rings. The standard InChI is InChI=1S/C20H27N3O2/c1-4-7-19(24)22-12-16(13-22)20(25)23-14-15(10-11-21(2)3)17-8-5-6-9-18(17)23/h5-6,8-9,14,16H,4,7,10-13H2,1-3H3. The number of aromatic nitrogens is 1. The molecule has 1 aliphatic heterocycles. The highest BCUT2D eigenvalue weighted by molar-refractivity contribution is 5.96. The lowest BCUT2D eigenvalue weighted by molar-refractivity contribution is -0.136. The Morgan fingerprint density at radius 3 is 2.60 bits per heavy atom. The van der Waals surface area contributed by atoms with Crippen molar-refractivity contribution in [2.75, 3.05) is 33.7 Å². The van der Waals surface area contributed by atoms with Crippen molar-refractivity contribution in [1.82, 2.24) is 14.4 Å². The van der Waals surface area contributed by atoms with E-state index in [9.17, 15) is 9.59 Å². The van der Waals surface area contributed by atoms with E-state index < -0.39 is 0 Å². The number of hydrogen-bond donors (Lipinski definition) is 0. The highest BCUT2D eigenvalue weighted by Gasteiger charge is 2.36. The molecule has 0 bridgehead atoms. The molecule has 1 fully saturated rings. The molecule has 0 unspecified atom stereocenters. The molecule has 25 heavy (non-hydrogen) atoms. The summed E-state index contributed by atoms with van der Waals surface area (Å²) in [6.45, 7) is 4.06. The number of carbonyl (C=O) groups is 2. The maximum atomic E-state index is 12.9. The fourth-order valence-corrected chi connectivity index (χ4v) is 3.38. The Morgan fingerprint density at radius 2 is 1.92 bits per heavy atom. The highest BCUT2D eigenvalue weighted by atomic mass is 16.2. The SMILES string of the molecule is CCCC(=O)N1CC(C(=O)n2cc(CCN(C)C)c3ccccc32)C1. The van der Waals surface area contributed by atoms with Gasteiger partial charge in [0.2, 0.25) is 11.8 Å². The number of fused-ring (bicyclic) bond motifs is 1.